The third kappa shape index (κ3) is 4.01. The van der Waals surface area contributed by atoms with Crippen molar-refractivity contribution in [2.45, 2.75) is 6.42 Å². The lowest BCUT2D eigenvalue weighted by Gasteiger charge is -2.06. The summed E-state index contributed by atoms with van der Waals surface area (Å²) in [6.45, 7) is -0.534. The SMILES string of the molecule is O=C(COC(=O)Cc1coc2ccc3ccccc3c12)NC(=O)c1ccccc1. The standard InChI is InChI=1S/C23H17NO5/c25-20(24-23(27)16-7-2-1-3-8-16)14-29-21(26)12-17-13-28-19-11-10-15-6-4-5-9-18(15)22(17)19/h1-11,13H,12,14H2,(H,24,25,27). The molecule has 0 unspecified atom stereocenters. The van der Waals surface area contributed by atoms with Crippen LogP contribution in [0.1, 0.15) is 15.9 Å². The molecule has 0 aliphatic rings. The van der Waals surface area contributed by atoms with Gasteiger partial charge in [0.1, 0.15) is 5.58 Å². The highest BCUT2D eigenvalue weighted by Gasteiger charge is 2.16. The Morgan fingerprint density at radius 3 is 2.48 bits per heavy atom. The molecule has 0 radical (unpaired) electrons. The summed E-state index contributed by atoms with van der Waals surface area (Å²) >= 11 is 0. The molecule has 4 rings (SSSR count). The number of hydrogen-bond acceptors (Lipinski definition) is 5. The summed E-state index contributed by atoms with van der Waals surface area (Å²) < 4.78 is 10.6. The van der Waals surface area contributed by atoms with E-state index in [0.29, 0.717) is 16.7 Å². The molecule has 0 bridgehead atoms. The van der Waals surface area contributed by atoms with Crippen LogP contribution in [0, 0.1) is 0 Å². The van der Waals surface area contributed by atoms with E-state index in [0.717, 1.165) is 16.2 Å². The topological polar surface area (TPSA) is 85.6 Å². The molecule has 0 saturated heterocycles. The first kappa shape index (κ1) is 18.4. The molecule has 6 heteroatoms. The number of esters is 1. The van der Waals surface area contributed by atoms with Crippen molar-refractivity contribution in [2.75, 3.05) is 6.61 Å². The molecule has 1 heterocycles. The molecular formula is C23H17NO5. The zero-order chi connectivity index (χ0) is 20.2. The van der Waals surface area contributed by atoms with Crippen molar-refractivity contribution in [3.05, 3.63) is 84.1 Å². The predicted molar refractivity (Wildman–Crippen MR) is 107 cm³/mol. The Labute approximate surface area is 166 Å². The quantitative estimate of drug-likeness (QED) is 0.529. The van der Waals surface area contributed by atoms with Gasteiger partial charge >= 0.3 is 5.97 Å². The van der Waals surface area contributed by atoms with Gasteiger partial charge in [-0.2, -0.15) is 0 Å². The van der Waals surface area contributed by atoms with Gasteiger partial charge in [-0.25, -0.2) is 0 Å². The minimum Gasteiger partial charge on any atom is -0.464 e. The van der Waals surface area contributed by atoms with E-state index < -0.39 is 24.4 Å². The van der Waals surface area contributed by atoms with Crippen LogP contribution >= 0.6 is 0 Å². The maximum atomic E-state index is 12.2. The van der Waals surface area contributed by atoms with Crippen LogP contribution in [0.5, 0.6) is 0 Å². The van der Waals surface area contributed by atoms with E-state index >= 15 is 0 Å². The Balaban J connectivity index is 1.39. The maximum Gasteiger partial charge on any atom is 0.310 e. The second-order valence-corrected chi connectivity index (χ2v) is 6.50. The normalized spacial score (nSPS) is 10.8. The number of nitrogens with one attached hydrogen (secondary N) is 1. The van der Waals surface area contributed by atoms with Gasteiger partial charge in [-0.3, -0.25) is 19.7 Å². The molecule has 0 saturated carbocycles. The molecule has 1 N–H and O–H groups in total. The van der Waals surface area contributed by atoms with Crippen LogP contribution in [0.2, 0.25) is 0 Å². The number of amides is 2. The molecule has 0 atom stereocenters. The maximum absolute atomic E-state index is 12.2. The highest BCUT2D eigenvalue weighted by Crippen LogP contribution is 2.30. The van der Waals surface area contributed by atoms with Gasteiger partial charge in [0.2, 0.25) is 0 Å². The second kappa shape index (κ2) is 7.98. The van der Waals surface area contributed by atoms with Crippen molar-refractivity contribution in [3.63, 3.8) is 0 Å². The van der Waals surface area contributed by atoms with E-state index in [1.165, 1.54) is 6.26 Å². The van der Waals surface area contributed by atoms with Gasteiger partial charge in [-0.05, 0) is 29.0 Å². The molecule has 6 nitrogen and oxygen atoms in total. The van der Waals surface area contributed by atoms with Gasteiger partial charge in [0, 0.05) is 16.5 Å². The largest absolute Gasteiger partial charge is 0.464 e. The molecule has 0 aliphatic carbocycles. The van der Waals surface area contributed by atoms with Crippen molar-refractivity contribution in [1.29, 1.82) is 0 Å². The average Bonchev–Trinajstić information content (AvgIpc) is 3.16. The monoisotopic (exact) mass is 387 g/mol. The summed E-state index contributed by atoms with van der Waals surface area (Å²) in [7, 11) is 0. The van der Waals surface area contributed by atoms with Gasteiger partial charge in [0.05, 0.1) is 12.7 Å². The summed E-state index contributed by atoms with van der Waals surface area (Å²) in [5.41, 5.74) is 1.71. The minimum absolute atomic E-state index is 0.0408. The van der Waals surface area contributed by atoms with Crippen molar-refractivity contribution in [1.82, 2.24) is 5.32 Å². The molecular weight excluding hydrogens is 370 g/mol. The lowest BCUT2D eigenvalue weighted by atomic mass is 10.0. The first-order chi connectivity index (χ1) is 14.1. The van der Waals surface area contributed by atoms with E-state index in [1.807, 2.05) is 36.4 Å². The van der Waals surface area contributed by atoms with Gasteiger partial charge in [0.25, 0.3) is 11.8 Å². The third-order valence-electron chi connectivity index (χ3n) is 4.53. The molecule has 1 aromatic heterocycles. The lowest BCUT2D eigenvalue weighted by molar-refractivity contribution is -0.147. The van der Waals surface area contributed by atoms with Crippen molar-refractivity contribution >= 4 is 39.5 Å². The van der Waals surface area contributed by atoms with Gasteiger partial charge < -0.3 is 9.15 Å². The Hall–Kier alpha value is -3.93. The number of furan rings is 1. The van der Waals surface area contributed by atoms with E-state index in [2.05, 4.69) is 5.32 Å². The zero-order valence-corrected chi connectivity index (χ0v) is 15.4. The van der Waals surface area contributed by atoms with Gasteiger partial charge in [-0.15, -0.1) is 0 Å². The van der Waals surface area contributed by atoms with Crippen LogP contribution in [0.25, 0.3) is 21.7 Å². The highest BCUT2D eigenvalue weighted by atomic mass is 16.5. The smallest absolute Gasteiger partial charge is 0.310 e. The van der Waals surface area contributed by atoms with Crippen LogP contribution in [0.3, 0.4) is 0 Å². The van der Waals surface area contributed by atoms with E-state index in [1.54, 1.807) is 30.3 Å². The number of imide groups is 1. The number of hydrogen-bond donors (Lipinski definition) is 1. The summed E-state index contributed by atoms with van der Waals surface area (Å²) in [4.78, 5) is 36.1. The molecule has 144 valence electrons. The number of fused-ring (bicyclic) bond motifs is 3. The Morgan fingerprint density at radius 2 is 1.66 bits per heavy atom. The van der Waals surface area contributed by atoms with Gasteiger partial charge in [0.15, 0.2) is 6.61 Å². The van der Waals surface area contributed by atoms with Crippen LogP contribution in [0.4, 0.5) is 0 Å². The number of rotatable bonds is 5. The molecule has 2 amide bonds. The van der Waals surface area contributed by atoms with Crippen LogP contribution in [-0.2, 0) is 20.7 Å². The minimum atomic E-state index is -0.685. The predicted octanol–water partition coefficient (Wildman–Crippen LogP) is 3.63. The molecule has 3 aromatic carbocycles. The van der Waals surface area contributed by atoms with Gasteiger partial charge in [-0.1, -0.05) is 48.5 Å². The highest BCUT2D eigenvalue weighted by molar-refractivity contribution is 6.08. The zero-order valence-electron chi connectivity index (χ0n) is 15.4. The van der Waals surface area contributed by atoms with Crippen LogP contribution in [-0.4, -0.2) is 24.4 Å². The molecule has 0 aliphatic heterocycles. The number of carbonyl (C=O) groups excluding carboxylic acids is 3. The van der Waals surface area contributed by atoms with Crippen molar-refractivity contribution in [3.8, 4) is 0 Å². The molecule has 4 aromatic rings. The fourth-order valence-electron chi connectivity index (χ4n) is 3.18. The summed E-state index contributed by atoms with van der Waals surface area (Å²) in [5.74, 6) is -1.81. The molecule has 0 spiro atoms. The average molecular weight is 387 g/mol. The molecule has 0 fully saturated rings. The van der Waals surface area contributed by atoms with E-state index in [-0.39, 0.29) is 6.42 Å². The van der Waals surface area contributed by atoms with Crippen LogP contribution < -0.4 is 5.32 Å². The van der Waals surface area contributed by atoms with Crippen LogP contribution in [0.15, 0.2) is 77.4 Å². The first-order valence-corrected chi connectivity index (χ1v) is 9.04. The van der Waals surface area contributed by atoms with Crippen molar-refractivity contribution < 1.29 is 23.5 Å². The lowest BCUT2D eigenvalue weighted by Crippen LogP contribution is -2.34. The Bertz CT molecular complexity index is 1210. The number of ether oxygens (including phenoxy) is 1. The first-order valence-electron chi connectivity index (χ1n) is 9.04. The number of benzene rings is 3. The summed E-state index contributed by atoms with van der Waals surface area (Å²) in [5, 5.41) is 5.06. The fraction of sp³-hybridized carbons (Fsp3) is 0.0870. The fourth-order valence-corrected chi connectivity index (χ4v) is 3.18. The number of carbonyl (C=O) groups is 3. The van der Waals surface area contributed by atoms with E-state index in [9.17, 15) is 14.4 Å². The van der Waals surface area contributed by atoms with Crippen molar-refractivity contribution in [2.24, 2.45) is 0 Å². The Kier molecular flexibility index (Phi) is 5.07. The van der Waals surface area contributed by atoms with E-state index in [4.69, 9.17) is 9.15 Å². The Morgan fingerprint density at radius 1 is 0.897 bits per heavy atom. The third-order valence-corrected chi connectivity index (χ3v) is 4.53. The summed E-state index contributed by atoms with van der Waals surface area (Å²) in [6.07, 6.45) is 1.48. The second-order valence-electron chi connectivity index (χ2n) is 6.50. The molecule has 29 heavy (non-hydrogen) atoms. The summed E-state index contributed by atoms with van der Waals surface area (Å²) in [6, 6.07) is 19.9.